The van der Waals surface area contributed by atoms with Crippen molar-refractivity contribution < 1.29 is 23.9 Å². The Bertz CT molecular complexity index is 1120. The van der Waals surface area contributed by atoms with E-state index in [2.05, 4.69) is 56.4 Å². The SMILES string of the molecule is COC(=O)C(CNC(C)=O)NC(=O)c1ccc(C#C/C=C/c2ccc(CN3CCOCC3)cc2)cc1. The standard InChI is InChI=1S/C28H31N3O5/c1-21(32)29-19-26(28(34)35-2)30-27(33)25-13-11-23(12-14-25)6-4-3-5-22-7-9-24(10-8-22)20-31-15-17-36-18-16-31/h3,5,7-14,26H,15-20H2,1-2H3,(H,29,32)(H,30,33)/b5-3+. The lowest BCUT2D eigenvalue weighted by Crippen LogP contribution is -2.48. The molecule has 2 aromatic carbocycles. The van der Waals surface area contributed by atoms with Crippen molar-refractivity contribution in [3.8, 4) is 11.8 Å². The van der Waals surface area contributed by atoms with Gasteiger partial charge in [-0.15, -0.1) is 0 Å². The van der Waals surface area contributed by atoms with Crippen LogP contribution in [-0.2, 0) is 25.6 Å². The molecule has 1 unspecified atom stereocenters. The number of nitrogens with one attached hydrogen (secondary N) is 2. The van der Waals surface area contributed by atoms with Crippen molar-refractivity contribution in [2.45, 2.75) is 19.5 Å². The number of methoxy groups -OCH3 is 1. The molecule has 0 spiro atoms. The molecule has 8 heteroatoms. The Morgan fingerprint density at radius 1 is 1.08 bits per heavy atom. The van der Waals surface area contributed by atoms with Gasteiger partial charge in [-0.25, -0.2) is 4.79 Å². The molecule has 1 saturated heterocycles. The number of carbonyl (C=O) groups is 3. The van der Waals surface area contributed by atoms with Crippen LogP contribution in [0.5, 0.6) is 0 Å². The second-order valence-corrected chi connectivity index (χ2v) is 8.30. The molecular weight excluding hydrogens is 458 g/mol. The first-order valence-corrected chi connectivity index (χ1v) is 11.7. The average Bonchev–Trinajstić information content (AvgIpc) is 2.90. The van der Waals surface area contributed by atoms with Crippen LogP contribution >= 0.6 is 0 Å². The van der Waals surface area contributed by atoms with E-state index in [-0.39, 0.29) is 12.5 Å². The van der Waals surface area contributed by atoms with Crippen molar-refractivity contribution in [3.63, 3.8) is 0 Å². The molecule has 1 fully saturated rings. The fourth-order valence-corrected chi connectivity index (χ4v) is 3.54. The summed E-state index contributed by atoms with van der Waals surface area (Å²) in [4.78, 5) is 37.9. The van der Waals surface area contributed by atoms with Gasteiger partial charge in [-0.05, 0) is 47.5 Å². The maximum atomic E-state index is 12.5. The van der Waals surface area contributed by atoms with Gasteiger partial charge in [0.2, 0.25) is 5.91 Å². The van der Waals surface area contributed by atoms with E-state index in [4.69, 9.17) is 4.74 Å². The molecule has 0 aromatic heterocycles. The van der Waals surface area contributed by atoms with E-state index in [0.717, 1.165) is 44.0 Å². The zero-order chi connectivity index (χ0) is 25.8. The highest BCUT2D eigenvalue weighted by Crippen LogP contribution is 2.10. The minimum atomic E-state index is -0.982. The van der Waals surface area contributed by atoms with Crippen molar-refractivity contribution in [1.82, 2.24) is 15.5 Å². The molecule has 1 aliphatic rings. The van der Waals surface area contributed by atoms with Gasteiger partial charge in [-0.1, -0.05) is 36.1 Å². The van der Waals surface area contributed by atoms with Crippen LogP contribution in [0.4, 0.5) is 0 Å². The molecule has 1 atom stereocenters. The highest BCUT2D eigenvalue weighted by atomic mass is 16.5. The van der Waals surface area contributed by atoms with E-state index in [1.807, 2.05) is 6.08 Å². The highest BCUT2D eigenvalue weighted by Gasteiger charge is 2.22. The number of hydrogen-bond acceptors (Lipinski definition) is 6. The number of morpholine rings is 1. The quantitative estimate of drug-likeness (QED) is 0.435. The Balaban J connectivity index is 1.52. The van der Waals surface area contributed by atoms with Crippen LogP contribution < -0.4 is 10.6 Å². The van der Waals surface area contributed by atoms with Crippen molar-refractivity contribution in [2.75, 3.05) is 40.0 Å². The van der Waals surface area contributed by atoms with Crippen LogP contribution in [-0.4, -0.2) is 68.7 Å². The lowest BCUT2D eigenvalue weighted by molar-refractivity contribution is -0.142. The highest BCUT2D eigenvalue weighted by molar-refractivity contribution is 5.97. The Morgan fingerprint density at radius 3 is 2.42 bits per heavy atom. The number of nitrogens with zero attached hydrogens (tertiary/aromatic N) is 1. The predicted molar refractivity (Wildman–Crippen MR) is 137 cm³/mol. The van der Waals surface area contributed by atoms with Gasteiger partial charge >= 0.3 is 5.97 Å². The van der Waals surface area contributed by atoms with Gasteiger partial charge in [0, 0.05) is 44.2 Å². The Hall–Kier alpha value is -3.93. The third-order valence-corrected chi connectivity index (χ3v) is 5.56. The maximum absolute atomic E-state index is 12.5. The van der Waals surface area contributed by atoms with E-state index in [9.17, 15) is 14.4 Å². The zero-order valence-corrected chi connectivity index (χ0v) is 20.6. The molecule has 2 aromatic rings. The molecule has 2 amide bonds. The summed E-state index contributed by atoms with van der Waals surface area (Å²) in [5.41, 5.74) is 3.46. The Morgan fingerprint density at radius 2 is 1.78 bits per heavy atom. The van der Waals surface area contributed by atoms with Gasteiger partial charge in [-0.3, -0.25) is 14.5 Å². The first-order chi connectivity index (χ1) is 17.4. The van der Waals surface area contributed by atoms with Crippen LogP contribution in [0.1, 0.15) is 34.0 Å². The van der Waals surface area contributed by atoms with Crippen LogP contribution in [0.3, 0.4) is 0 Å². The van der Waals surface area contributed by atoms with Crippen LogP contribution in [0, 0.1) is 11.8 Å². The van der Waals surface area contributed by atoms with Gasteiger partial charge in [0.25, 0.3) is 5.91 Å². The monoisotopic (exact) mass is 489 g/mol. The number of rotatable bonds is 8. The summed E-state index contributed by atoms with van der Waals surface area (Å²) < 4.78 is 10.1. The lowest BCUT2D eigenvalue weighted by atomic mass is 10.1. The molecule has 0 saturated carbocycles. The van der Waals surface area contributed by atoms with Gasteiger partial charge in [0.15, 0.2) is 0 Å². The van der Waals surface area contributed by atoms with E-state index >= 15 is 0 Å². The normalized spacial score (nSPS) is 14.4. The zero-order valence-electron chi connectivity index (χ0n) is 20.6. The van der Waals surface area contributed by atoms with Crippen LogP contribution in [0.25, 0.3) is 6.08 Å². The van der Waals surface area contributed by atoms with E-state index in [1.165, 1.54) is 19.6 Å². The summed E-state index contributed by atoms with van der Waals surface area (Å²) in [5.74, 6) is 4.64. The van der Waals surface area contributed by atoms with E-state index in [0.29, 0.717) is 5.56 Å². The third kappa shape index (κ3) is 8.69. The van der Waals surface area contributed by atoms with Gasteiger partial charge < -0.3 is 20.1 Å². The Labute approximate surface area is 211 Å². The topological polar surface area (TPSA) is 97.0 Å². The van der Waals surface area contributed by atoms with Crippen molar-refractivity contribution in [1.29, 1.82) is 0 Å². The summed E-state index contributed by atoms with van der Waals surface area (Å²) in [7, 11) is 1.22. The average molecular weight is 490 g/mol. The molecule has 0 aliphatic carbocycles. The second-order valence-electron chi connectivity index (χ2n) is 8.30. The molecule has 188 valence electrons. The molecular formula is C28H31N3O5. The van der Waals surface area contributed by atoms with Crippen molar-refractivity contribution in [2.24, 2.45) is 0 Å². The number of ether oxygens (including phenoxy) is 2. The number of benzene rings is 2. The number of amides is 2. The minimum Gasteiger partial charge on any atom is -0.467 e. The number of carbonyl (C=O) groups excluding carboxylic acids is 3. The van der Waals surface area contributed by atoms with Gasteiger partial charge in [0.1, 0.15) is 6.04 Å². The van der Waals surface area contributed by atoms with Crippen LogP contribution in [0.15, 0.2) is 54.6 Å². The smallest absolute Gasteiger partial charge is 0.330 e. The molecule has 1 aliphatic heterocycles. The fourth-order valence-electron chi connectivity index (χ4n) is 3.54. The van der Waals surface area contributed by atoms with E-state index < -0.39 is 17.9 Å². The van der Waals surface area contributed by atoms with Gasteiger partial charge in [-0.2, -0.15) is 0 Å². The molecule has 36 heavy (non-hydrogen) atoms. The molecule has 0 radical (unpaired) electrons. The third-order valence-electron chi connectivity index (χ3n) is 5.56. The molecule has 1 heterocycles. The summed E-state index contributed by atoms with van der Waals surface area (Å²) in [6, 6.07) is 14.2. The van der Waals surface area contributed by atoms with Crippen molar-refractivity contribution >= 4 is 23.9 Å². The summed E-state index contributed by atoms with van der Waals surface area (Å²) in [5, 5.41) is 5.07. The first kappa shape index (κ1) is 26.7. The summed E-state index contributed by atoms with van der Waals surface area (Å²) in [6.07, 6.45) is 3.75. The van der Waals surface area contributed by atoms with E-state index in [1.54, 1.807) is 30.3 Å². The van der Waals surface area contributed by atoms with Gasteiger partial charge in [0.05, 0.1) is 20.3 Å². The Kier molecular flexibility index (Phi) is 10.2. The predicted octanol–water partition coefficient (Wildman–Crippen LogP) is 1.99. The fraction of sp³-hybridized carbons (Fsp3) is 0.321. The lowest BCUT2D eigenvalue weighted by Gasteiger charge is -2.26. The molecule has 8 nitrogen and oxygen atoms in total. The molecule has 2 N–H and O–H groups in total. The number of hydrogen-bond donors (Lipinski definition) is 2. The molecule has 0 bridgehead atoms. The maximum Gasteiger partial charge on any atom is 0.330 e. The number of esters is 1. The second kappa shape index (κ2) is 13.8. The number of allylic oxidation sites excluding steroid dienone is 1. The first-order valence-electron chi connectivity index (χ1n) is 11.7. The summed E-state index contributed by atoms with van der Waals surface area (Å²) >= 11 is 0. The van der Waals surface area contributed by atoms with Crippen LogP contribution in [0.2, 0.25) is 0 Å². The largest absolute Gasteiger partial charge is 0.467 e. The van der Waals surface area contributed by atoms with Crippen molar-refractivity contribution in [3.05, 3.63) is 76.9 Å². The summed E-state index contributed by atoms with van der Waals surface area (Å²) in [6.45, 7) is 5.73. The molecule has 3 rings (SSSR count). The minimum absolute atomic E-state index is 0.0553.